The Balaban J connectivity index is 2.29. The third-order valence-corrected chi connectivity index (χ3v) is 3.25. The van der Waals surface area contributed by atoms with Gasteiger partial charge >= 0.3 is 5.97 Å². The number of aromatic nitrogens is 1. The van der Waals surface area contributed by atoms with E-state index in [1.165, 1.54) is 17.7 Å². The summed E-state index contributed by atoms with van der Waals surface area (Å²) in [7, 11) is 1.30. The standard InChI is InChI=1S/C12H11NO3S/c1-16-12(15)8-13-5-4-9(7-11(13)14)10-3-2-6-17-10/h2-7H,8H2,1H3. The zero-order valence-electron chi connectivity index (χ0n) is 9.25. The van der Waals surface area contributed by atoms with Crippen molar-refractivity contribution in [1.29, 1.82) is 0 Å². The molecule has 88 valence electrons. The van der Waals surface area contributed by atoms with Crippen LogP contribution in [0.4, 0.5) is 0 Å². The van der Waals surface area contributed by atoms with E-state index in [1.807, 2.05) is 23.6 Å². The van der Waals surface area contributed by atoms with Gasteiger partial charge in [0.15, 0.2) is 0 Å². The summed E-state index contributed by atoms with van der Waals surface area (Å²) in [6.45, 7) is -0.0555. The summed E-state index contributed by atoms with van der Waals surface area (Å²) in [6.07, 6.45) is 1.61. The van der Waals surface area contributed by atoms with Gasteiger partial charge in [-0.2, -0.15) is 0 Å². The van der Waals surface area contributed by atoms with Crippen LogP contribution in [0.3, 0.4) is 0 Å². The Labute approximate surface area is 102 Å². The minimum absolute atomic E-state index is 0.0555. The molecule has 0 N–H and O–H groups in total. The van der Waals surface area contributed by atoms with E-state index in [0.29, 0.717) is 0 Å². The first-order chi connectivity index (χ1) is 8.20. The van der Waals surface area contributed by atoms with Crippen molar-refractivity contribution in [2.75, 3.05) is 7.11 Å². The summed E-state index contributed by atoms with van der Waals surface area (Å²) in [5.41, 5.74) is 0.660. The number of hydrogen-bond donors (Lipinski definition) is 0. The van der Waals surface area contributed by atoms with Crippen molar-refractivity contribution in [2.24, 2.45) is 0 Å². The summed E-state index contributed by atoms with van der Waals surface area (Å²) in [5.74, 6) is -0.434. The highest BCUT2D eigenvalue weighted by molar-refractivity contribution is 7.13. The van der Waals surface area contributed by atoms with Crippen molar-refractivity contribution < 1.29 is 9.53 Å². The molecule has 0 amide bonds. The Morgan fingerprint density at radius 2 is 2.29 bits per heavy atom. The number of carbonyl (C=O) groups excluding carboxylic acids is 1. The average Bonchev–Trinajstić information content (AvgIpc) is 2.85. The number of pyridine rings is 1. The second-order valence-corrected chi connectivity index (χ2v) is 4.38. The molecule has 0 fully saturated rings. The number of carbonyl (C=O) groups is 1. The van der Waals surface area contributed by atoms with Crippen molar-refractivity contribution in [3.63, 3.8) is 0 Å². The van der Waals surface area contributed by atoms with E-state index in [9.17, 15) is 9.59 Å². The molecule has 0 spiro atoms. The van der Waals surface area contributed by atoms with Gasteiger partial charge in [0.25, 0.3) is 5.56 Å². The quantitative estimate of drug-likeness (QED) is 0.779. The van der Waals surface area contributed by atoms with Crippen LogP contribution in [0.15, 0.2) is 40.6 Å². The smallest absolute Gasteiger partial charge is 0.325 e. The van der Waals surface area contributed by atoms with Gasteiger partial charge in [-0.25, -0.2) is 0 Å². The highest BCUT2D eigenvalue weighted by atomic mass is 32.1. The van der Waals surface area contributed by atoms with Crippen LogP contribution >= 0.6 is 11.3 Å². The summed E-state index contributed by atoms with van der Waals surface area (Å²) >= 11 is 1.57. The van der Waals surface area contributed by atoms with Gasteiger partial charge in [0, 0.05) is 17.1 Å². The van der Waals surface area contributed by atoms with Crippen LogP contribution in [0, 0.1) is 0 Å². The van der Waals surface area contributed by atoms with Gasteiger partial charge < -0.3 is 9.30 Å². The van der Waals surface area contributed by atoms with E-state index in [4.69, 9.17) is 0 Å². The van der Waals surface area contributed by atoms with Crippen molar-refractivity contribution in [1.82, 2.24) is 4.57 Å². The molecule has 2 rings (SSSR count). The first-order valence-corrected chi connectivity index (χ1v) is 5.90. The molecule has 0 aliphatic rings. The number of rotatable bonds is 3. The summed E-state index contributed by atoms with van der Waals surface area (Å²) in [6, 6.07) is 7.22. The van der Waals surface area contributed by atoms with Crippen LogP contribution in [-0.2, 0) is 16.1 Å². The highest BCUT2D eigenvalue weighted by Gasteiger charge is 2.05. The van der Waals surface area contributed by atoms with Crippen LogP contribution in [0.25, 0.3) is 10.4 Å². The monoisotopic (exact) mass is 249 g/mol. The van der Waals surface area contributed by atoms with Crippen LogP contribution in [0.5, 0.6) is 0 Å². The van der Waals surface area contributed by atoms with Crippen molar-refractivity contribution in [3.05, 3.63) is 46.2 Å². The maximum Gasteiger partial charge on any atom is 0.325 e. The van der Waals surface area contributed by atoms with Gasteiger partial charge in [0.1, 0.15) is 6.54 Å². The van der Waals surface area contributed by atoms with Crippen molar-refractivity contribution >= 4 is 17.3 Å². The Hall–Kier alpha value is -1.88. The van der Waals surface area contributed by atoms with E-state index in [1.54, 1.807) is 17.5 Å². The van der Waals surface area contributed by atoms with Crippen molar-refractivity contribution in [2.45, 2.75) is 6.54 Å². The van der Waals surface area contributed by atoms with Gasteiger partial charge in [-0.15, -0.1) is 11.3 Å². The second kappa shape index (κ2) is 4.97. The molecule has 0 bridgehead atoms. The number of nitrogens with zero attached hydrogens (tertiary/aromatic N) is 1. The Morgan fingerprint density at radius 3 is 2.88 bits per heavy atom. The Bertz CT molecular complexity index is 572. The van der Waals surface area contributed by atoms with E-state index in [-0.39, 0.29) is 12.1 Å². The maximum atomic E-state index is 11.7. The third-order valence-electron chi connectivity index (χ3n) is 2.33. The first kappa shape index (κ1) is 11.6. The van der Waals surface area contributed by atoms with E-state index in [0.717, 1.165) is 10.4 Å². The highest BCUT2D eigenvalue weighted by Crippen LogP contribution is 2.22. The van der Waals surface area contributed by atoms with Crippen LogP contribution in [-0.4, -0.2) is 17.6 Å². The lowest BCUT2D eigenvalue weighted by Crippen LogP contribution is -2.23. The van der Waals surface area contributed by atoms with E-state index in [2.05, 4.69) is 4.74 Å². The molecule has 0 aliphatic heterocycles. The molecule has 17 heavy (non-hydrogen) atoms. The molecule has 0 atom stereocenters. The SMILES string of the molecule is COC(=O)Cn1ccc(-c2cccs2)cc1=O. The molecular weight excluding hydrogens is 238 g/mol. The lowest BCUT2D eigenvalue weighted by atomic mass is 10.2. The lowest BCUT2D eigenvalue weighted by molar-refractivity contribution is -0.141. The molecule has 0 aromatic carbocycles. The van der Waals surface area contributed by atoms with Gasteiger partial charge in [0.2, 0.25) is 0 Å². The van der Waals surface area contributed by atoms with Gasteiger partial charge in [-0.3, -0.25) is 9.59 Å². The normalized spacial score (nSPS) is 10.2. The predicted molar refractivity (Wildman–Crippen MR) is 66.0 cm³/mol. The third kappa shape index (κ3) is 2.62. The molecule has 4 nitrogen and oxygen atoms in total. The van der Waals surface area contributed by atoms with Crippen molar-refractivity contribution in [3.8, 4) is 10.4 Å². The fourth-order valence-corrected chi connectivity index (χ4v) is 2.16. The fraction of sp³-hybridized carbons (Fsp3) is 0.167. The molecule has 0 saturated heterocycles. The molecule has 2 heterocycles. The fourth-order valence-electron chi connectivity index (χ4n) is 1.44. The molecule has 0 radical (unpaired) electrons. The minimum Gasteiger partial charge on any atom is -0.468 e. The minimum atomic E-state index is -0.434. The van der Waals surface area contributed by atoms with E-state index < -0.39 is 5.97 Å². The number of hydrogen-bond acceptors (Lipinski definition) is 4. The van der Waals surface area contributed by atoms with Crippen LogP contribution in [0.2, 0.25) is 0 Å². The van der Waals surface area contributed by atoms with Gasteiger partial charge in [-0.1, -0.05) is 6.07 Å². The summed E-state index contributed by atoms with van der Waals surface area (Å²) in [5, 5.41) is 1.95. The topological polar surface area (TPSA) is 48.3 Å². The first-order valence-electron chi connectivity index (χ1n) is 5.02. The van der Waals surface area contributed by atoms with Crippen LogP contribution < -0.4 is 5.56 Å². The lowest BCUT2D eigenvalue weighted by Gasteiger charge is -2.04. The Kier molecular flexibility index (Phi) is 3.39. The molecule has 0 aliphatic carbocycles. The molecular formula is C12H11NO3S. The number of esters is 1. The largest absolute Gasteiger partial charge is 0.468 e. The van der Waals surface area contributed by atoms with Gasteiger partial charge in [0.05, 0.1) is 7.11 Å². The summed E-state index contributed by atoms with van der Waals surface area (Å²) < 4.78 is 5.84. The average molecular weight is 249 g/mol. The second-order valence-electron chi connectivity index (χ2n) is 3.43. The van der Waals surface area contributed by atoms with Crippen LogP contribution in [0.1, 0.15) is 0 Å². The number of methoxy groups -OCH3 is 1. The molecule has 0 saturated carbocycles. The Morgan fingerprint density at radius 1 is 1.47 bits per heavy atom. The predicted octanol–water partition coefficient (Wildman–Crippen LogP) is 1.75. The molecule has 0 unspecified atom stereocenters. The zero-order valence-corrected chi connectivity index (χ0v) is 10.1. The maximum absolute atomic E-state index is 11.7. The summed E-state index contributed by atoms with van der Waals surface area (Å²) in [4.78, 5) is 23.8. The number of ether oxygens (including phenoxy) is 1. The molecule has 5 heteroatoms. The molecule has 2 aromatic rings. The molecule has 2 aromatic heterocycles. The van der Waals surface area contributed by atoms with Gasteiger partial charge in [-0.05, 0) is 23.1 Å². The van der Waals surface area contributed by atoms with E-state index >= 15 is 0 Å². The number of thiophene rings is 1. The zero-order chi connectivity index (χ0) is 12.3.